The van der Waals surface area contributed by atoms with Gasteiger partial charge in [-0.05, 0) is 47.9 Å². The van der Waals surface area contributed by atoms with Crippen LogP contribution >= 0.6 is 0 Å². The maximum absolute atomic E-state index is 13.0. The summed E-state index contributed by atoms with van der Waals surface area (Å²) in [6, 6.07) is 15.0. The monoisotopic (exact) mass is 354 g/mol. The van der Waals surface area contributed by atoms with Crippen molar-refractivity contribution in [3.8, 4) is 17.0 Å². The summed E-state index contributed by atoms with van der Waals surface area (Å²) in [6.45, 7) is 4.08. The van der Waals surface area contributed by atoms with Gasteiger partial charge in [0.25, 0.3) is 5.91 Å². The zero-order valence-corrected chi connectivity index (χ0v) is 14.5. The number of anilines is 1. The van der Waals surface area contributed by atoms with Crippen LogP contribution in [0.2, 0.25) is 0 Å². The average molecular weight is 354 g/mol. The van der Waals surface area contributed by atoms with Gasteiger partial charge < -0.3 is 9.26 Å². The second kappa shape index (κ2) is 7.82. The number of nitrogens with zero attached hydrogens (tertiary/aromatic N) is 1. The molecule has 1 heterocycles. The Morgan fingerprint density at radius 3 is 2.50 bits per heavy atom. The number of halogens is 1. The molecule has 6 heteroatoms. The highest BCUT2D eigenvalue weighted by molar-refractivity contribution is 5.91. The van der Waals surface area contributed by atoms with E-state index in [9.17, 15) is 9.18 Å². The van der Waals surface area contributed by atoms with Gasteiger partial charge in [0.2, 0.25) is 5.88 Å². The molecular formula is C20H19FN2O3. The predicted molar refractivity (Wildman–Crippen MR) is 96.6 cm³/mol. The van der Waals surface area contributed by atoms with Gasteiger partial charge in [0, 0.05) is 11.6 Å². The summed E-state index contributed by atoms with van der Waals surface area (Å²) in [6.07, 6.45) is 0. The zero-order valence-electron chi connectivity index (χ0n) is 14.5. The number of aromatic nitrogens is 1. The van der Waals surface area contributed by atoms with E-state index in [4.69, 9.17) is 9.26 Å². The van der Waals surface area contributed by atoms with Crippen molar-refractivity contribution in [3.63, 3.8) is 0 Å². The molecule has 1 aromatic heterocycles. The average Bonchev–Trinajstić information content (AvgIpc) is 3.09. The van der Waals surface area contributed by atoms with E-state index in [1.807, 2.05) is 24.3 Å². The van der Waals surface area contributed by atoms with Crippen molar-refractivity contribution in [2.75, 3.05) is 11.9 Å². The molecule has 0 radical (unpaired) electrons. The van der Waals surface area contributed by atoms with Crippen molar-refractivity contribution >= 4 is 11.8 Å². The van der Waals surface area contributed by atoms with Gasteiger partial charge in [0.05, 0.1) is 0 Å². The molecule has 0 saturated heterocycles. The second-order valence-corrected chi connectivity index (χ2v) is 6.14. The summed E-state index contributed by atoms with van der Waals surface area (Å²) >= 11 is 0. The normalized spacial score (nSPS) is 10.8. The van der Waals surface area contributed by atoms with Crippen molar-refractivity contribution < 1.29 is 18.4 Å². The van der Waals surface area contributed by atoms with Gasteiger partial charge in [0.15, 0.2) is 6.61 Å². The molecule has 5 nitrogen and oxygen atoms in total. The first-order chi connectivity index (χ1) is 12.5. The van der Waals surface area contributed by atoms with E-state index in [1.54, 1.807) is 18.2 Å². The summed E-state index contributed by atoms with van der Waals surface area (Å²) in [4.78, 5) is 12.0. The maximum atomic E-state index is 13.0. The number of nitrogens with one attached hydrogen (secondary N) is 1. The minimum atomic E-state index is -0.361. The van der Waals surface area contributed by atoms with Crippen LogP contribution in [0.1, 0.15) is 25.3 Å². The van der Waals surface area contributed by atoms with Crippen molar-refractivity contribution in [2.24, 2.45) is 0 Å². The molecule has 0 aliphatic rings. The lowest BCUT2D eigenvalue weighted by Crippen LogP contribution is -2.19. The van der Waals surface area contributed by atoms with Crippen LogP contribution in [-0.4, -0.2) is 17.7 Å². The molecule has 134 valence electrons. The molecule has 0 saturated carbocycles. The number of benzene rings is 2. The molecule has 1 amide bonds. The summed E-state index contributed by atoms with van der Waals surface area (Å²) in [7, 11) is 0. The molecule has 0 fully saturated rings. The van der Waals surface area contributed by atoms with Gasteiger partial charge in [-0.15, -0.1) is 0 Å². The van der Waals surface area contributed by atoms with Crippen molar-refractivity contribution in [3.05, 3.63) is 66.0 Å². The lowest BCUT2D eigenvalue weighted by molar-refractivity contribution is -0.118. The number of ether oxygens (including phenoxy) is 1. The topological polar surface area (TPSA) is 64.4 Å². The van der Waals surface area contributed by atoms with Gasteiger partial charge in [-0.3, -0.25) is 10.1 Å². The Balaban J connectivity index is 1.54. The third kappa shape index (κ3) is 4.47. The Labute approximate surface area is 150 Å². The van der Waals surface area contributed by atoms with E-state index < -0.39 is 0 Å². The van der Waals surface area contributed by atoms with Crippen molar-refractivity contribution in [1.82, 2.24) is 5.16 Å². The molecule has 0 unspecified atom stereocenters. The lowest BCUT2D eigenvalue weighted by atomic mass is 10.0. The van der Waals surface area contributed by atoms with Crippen LogP contribution in [0.5, 0.6) is 5.75 Å². The molecule has 0 aliphatic heterocycles. The van der Waals surface area contributed by atoms with E-state index in [0.717, 1.165) is 0 Å². The third-order valence-electron chi connectivity index (χ3n) is 3.83. The fourth-order valence-electron chi connectivity index (χ4n) is 2.36. The molecule has 0 aliphatic carbocycles. The van der Waals surface area contributed by atoms with Crippen molar-refractivity contribution in [2.45, 2.75) is 19.8 Å². The third-order valence-corrected chi connectivity index (χ3v) is 3.83. The van der Waals surface area contributed by atoms with E-state index >= 15 is 0 Å². The minimum Gasteiger partial charge on any atom is -0.484 e. The second-order valence-electron chi connectivity index (χ2n) is 6.14. The Bertz CT molecular complexity index is 871. The van der Waals surface area contributed by atoms with Crippen LogP contribution in [0.3, 0.4) is 0 Å². The Morgan fingerprint density at radius 2 is 1.85 bits per heavy atom. The molecule has 0 atom stereocenters. The van der Waals surface area contributed by atoms with Crippen LogP contribution in [0.15, 0.2) is 59.1 Å². The van der Waals surface area contributed by atoms with Crippen LogP contribution in [0, 0.1) is 5.82 Å². The standard InChI is InChI=1S/C20H19FN2O3/c1-13(2)14-5-9-17(10-6-14)25-12-19(24)22-20-11-18(23-26-20)15-3-7-16(21)8-4-15/h3-11,13H,12H2,1-2H3,(H,22,24). The zero-order chi connectivity index (χ0) is 18.5. The largest absolute Gasteiger partial charge is 0.484 e. The van der Waals surface area contributed by atoms with Gasteiger partial charge in [0.1, 0.15) is 17.3 Å². The number of carbonyl (C=O) groups is 1. The van der Waals surface area contributed by atoms with E-state index in [1.165, 1.54) is 17.7 Å². The number of hydrogen-bond donors (Lipinski definition) is 1. The van der Waals surface area contributed by atoms with Gasteiger partial charge >= 0.3 is 0 Å². The Hall–Kier alpha value is -3.15. The molecular weight excluding hydrogens is 335 g/mol. The summed E-state index contributed by atoms with van der Waals surface area (Å²) in [5, 5.41) is 6.44. The Morgan fingerprint density at radius 1 is 1.15 bits per heavy atom. The Kier molecular flexibility index (Phi) is 5.31. The SMILES string of the molecule is CC(C)c1ccc(OCC(=O)Nc2cc(-c3ccc(F)cc3)no2)cc1. The van der Waals surface area contributed by atoms with E-state index in [-0.39, 0.29) is 24.2 Å². The van der Waals surface area contributed by atoms with Gasteiger partial charge in [-0.1, -0.05) is 31.1 Å². The molecule has 1 N–H and O–H groups in total. The first-order valence-corrected chi connectivity index (χ1v) is 8.26. The number of carbonyl (C=O) groups excluding carboxylic acids is 1. The molecule has 0 bridgehead atoms. The predicted octanol–water partition coefficient (Wildman–Crippen LogP) is 4.62. The first kappa shape index (κ1) is 17.7. The van der Waals surface area contributed by atoms with Gasteiger partial charge in [-0.2, -0.15) is 0 Å². The fraction of sp³-hybridized carbons (Fsp3) is 0.200. The lowest BCUT2D eigenvalue weighted by Gasteiger charge is -2.08. The molecule has 2 aromatic carbocycles. The van der Waals surface area contributed by atoms with E-state index in [0.29, 0.717) is 22.9 Å². The molecule has 3 aromatic rings. The van der Waals surface area contributed by atoms with Gasteiger partial charge in [-0.25, -0.2) is 4.39 Å². The number of rotatable bonds is 6. The fourth-order valence-corrected chi connectivity index (χ4v) is 2.36. The minimum absolute atomic E-state index is 0.145. The quantitative estimate of drug-likeness (QED) is 0.701. The molecule has 26 heavy (non-hydrogen) atoms. The van der Waals surface area contributed by atoms with Crippen LogP contribution in [0.25, 0.3) is 11.3 Å². The van der Waals surface area contributed by atoms with Crippen LogP contribution in [-0.2, 0) is 4.79 Å². The van der Waals surface area contributed by atoms with Crippen LogP contribution in [0.4, 0.5) is 10.3 Å². The first-order valence-electron chi connectivity index (χ1n) is 8.26. The number of hydrogen-bond acceptors (Lipinski definition) is 4. The molecule has 3 rings (SSSR count). The highest BCUT2D eigenvalue weighted by Gasteiger charge is 2.10. The van der Waals surface area contributed by atoms with Crippen molar-refractivity contribution in [1.29, 1.82) is 0 Å². The highest BCUT2D eigenvalue weighted by atomic mass is 19.1. The maximum Gasteiger partial charge on any atom is 0.264 e. The van der Waals surface area contributed by atoms with Crippen LogP contribution < -0.4 is 10.1 Å². The molecule has 0 spiro atoms. The smallest absolute Gasteiger partial charge is 0.264 e. The summed E-state index contributed by atoms with van der Waals surface area (Å²) in [5.41, 5.74) is 2.40. The summed E-state index contributed by atoms with van der Waals surface area (Å²) < 4.78 is 23.5. The van der Waals surface area contributed by atoms with E-state index in [2.05, 4.69) is 24.3 Å². The summed E-state index contributed by atoms with van der Waals surface area (Å²) in [5.74, 6) is 0.570. The number of amides is 1. The highest BCUT2D eigenvalue weighted by Crippen LogP contribution is 2.22.